The molecule has 0 radical (unpaired) electrons. The van der Waals surface area contributed by atoms with Crippen LogP contribution in [0.15, 0.2) is 41.4 Å². The fourth-order valence-corrected chi connectivity index (χ4v) is 5.51. The molecule has 1 aromatic heterocycles. The first-order chi connectivity index (χ1) is 12.9. The monoisotopic (exact) mass is 402 g/mol. The molecule has 0 aliphatic carbocycles. The quantitative estimate of drug-likeness (QED) is 0.842. The van der Waals surface area contributed by atoms with E-state index in [9.17, 15) is 14.3 Å². The van der Waals surface area contributed by atoms with Gasteiger partial charge in [-0.2, -0.15) is 9.64 Å². The van der Waals surface area contributed by atoms with Gasteiger partial charge in [-0.15, -0.1) is 0 Å². The molecule has 2 amide bonds. The van der Waals surface area contributed by atoms with Gasteiger partial charge in [-0.1, -0.05) is 12.1 Å². The maximum absolute atomic E-state index is 13.2. The molecule has 1 N–H and O–H groups in total. The molecular weight excluding hydrogens is 380 g/mol. The highest BCUT2D eigenvalue weighted by Gasteiger charge is 2.39. The van der Waals surface area contributed by atoms with Crippen molar-refractivity contribution >= 4 is 33.4 Å². The number of benzene rings is 1. The number of rotatable bonds is 4. The van der Waals surface area contributed by atoms with Crippen LogP contribution >= 0.6 is 11.5 Å². The van der Waals surface area contributed by atoms with Crippen LogP contribution in [0.2, 0.25) is 0 Å². The van der Waals surface area contributed by atoms with E-state index in [1.807, 2.05) is 19.9 Å². The zero-order valence-electron chi connectivity index (χ0n) is 15.3. The highest BCUT2D eigenvalue weighted by molar-refractivity contribution is 7.86. The zero-order valence-corrected chi connectivity index (χ0v) is 17.0. The fraction of sp³-hybridized carbons (Fsp3) is 0.421. The number of nitrogens with one attached hydrogen (secondary N) is 1. The van der Waals surface area contributed by atoms with Gasteiger partial charge in [0.05, 0.1) is 21.3 Å². The maximum Gasteiger partial charge on any atom is 0.322 e. The summed E-state index contributed by atoms with van der Waals surface area (Å²) in [5.41, 5.74) is 0.463. The first-order valence-corrected chi connectivity index (χ1v) is 10.7. The van der Waals surface area contributed by atoms with Crippen LogP contribution in [0, 0.1) is 17.2 Å². The normalized spacial score (nSPS) is 16.6. The minimum atomic E-state index is -1.30. The molecule has 2 heterocycles. The number of aromatic nitrogens is 1. The summed E-state index contributed by atoms with van der Waals surface area (Å²) in [4.78, 5) is 14.7. The minimum absolute atomic E-state index is 0.119. The van der Waals surface area contributed by atoms with Gasteiger partial charge in [0, 0.05) is 24.0 Å². The summed E-state index contributed by atoms with van der Waals surface area (Å²) >= 11 is 1.25. The molecule has 27 heavy (non-hydrogen) atoms. The second-order valence-corrected chi connectivity index (χ2v) is 9.91. The lowest BCUT2D eigenvalue weighted by atomic mass is 9.86. The van der Waals surface area contributed by atoms with E-state index in [1.165, 1.54) is 11.5 Å². The molecule has 1 unspecified atom stereocenters. The van der Waals surface area contributed by atoms with Crippen molar-refractivity contribution in [3.8, 4) is 6.07 Å². The Bertz CT molecular complexity index is 866. The van der Waals surface area contributed by atoms with Gasteiger partial charge in [0.25, 0.3) is 0 Å². The van der Waals surface area contributed by atoms with Crippen molar-refractivity contribution in [3.63, 3.8) is 0 Å². The van der Waals surface area contributed by atoms with Crippen LogP contribution < -0.4 is 5.32 Å². The Morgan fingerprint density at radius 1 is 1.33 bits per heavy atom. The molecule has 6 nitrogen and oxygen atoms in total. The summed E-state index contributed by atoms with van der Waals surface area (Å²) in [5, 5.41) is 12.9. The van der Waals surface area contributed by atoms with Crippen molar-refractivity contribution in [2.24, 2.45) is 5.92 Å². The van der Waals surface area contributed by atoms with Crippen LogP contribution in [-0.4, -0.2) is 37.3 Å². The highest BCUT2D eigenvalue weighted by atomic mass is 32.2. The topological polar surface area (TPSA) is 86.1 Å². The largest absolute Gasteiger partial charge is 0.324 e. The summed E-state index contributed by atoms with van der Waals surface area (Å²) < 4.78 is 16.7. The van der Waals surface area contributed by atoms with E-state index in [4.69, 9.17) is 0 Å². The molecule has 0 spiro atoms. The van der Waals surface area contributed by atoms with Crippen LogP contribution in [0.4, 0.5) is 9.80 Å². The summed E-state index contributed by atoms with van der Waals surface area (Å²) in [5.74, 6) is 0.206. The van der Waals surface area contributed by atoms with E-state index in [-0.39, 0.29) is 11.9 Å². The minimum Gasteiger partial charge on any atom is -0.324 e. The van der Waals surface area contributed by atoms with E-state index in [1.54, 1.807) is 35.4 Å². The van der Waals surface area contributed by atoms with Crippen LogP contribution in [-0.2, 0) is 10.8 Å². The first kappa shape index (κ1) is 19.5. The molecule has 0 bridgehead atoms. The predicted octanol–water partition coefficient (Wildman–Crippen LogP) is 3.85. The lowest BCUT2D eigenvalue weighted by Crippen LogP contribution is -2.47. The van der Waals surface area contributed by atoms with Crippen LogP contribution in [0.3, 0.4) is 0 Å². The number of hydrogen-bond acceptors (Lipinski definition) is 5. The molecule has 1 fully saturated rings. The smallest absolute Gasteiger partial charge is 0.322 e. The number of urea groups is 1. The average Bonchev–Trinajstić information content (AvgIpc) is 3.20. The summed E-state index contributed by atoms with van der Waals surface area (Å²) in [6.45, 7) is 5.23. The molecule has 142 valence electrons. The number of hydrogen-bond donors (Lipinski definition) is 1. The van der Waals surface area contributed by atoms with Crippen LogP contribution in [0.25, 0.3) is 0 Å². The Morgan fingerprint density at radius 2 is 2.04 bits per heavy atom. The molecule has 1 aliphatic heterocycles. The Kier molecular flexibility index (Phi) is 5.92. The van der Waals surface area contributed by atoms with Crippen molar-refractivity contribution in [1.82, 2.24) is 9.27 Å². The van der Waals surface area contributed by atoms with E-state index in [2.05, 4.69) is 15.8 Å². The maximum atomic E-state index is 13.2. The Hall–Kier alpha value is -2.24. The average molecular weight is 403 g/mol. The van der Waals surface area contributed by atoms with Crippen molar-refractivity contribution in [2.45, 2.75) is 36.3 Å². The second kappa shape index (κ2) is 8.19. The number of anilines is 1. The third kappa shape index (κ3) is 4.20. The standard InChI is InChI=1S/C19H22N4O2S2/c1-19(2,27(25)16-6-4-3-5-14(16)13-20)15-8-11-23(12-9-15)18(24)22-17-7-10-21-26-17/h3-7,10,15H,8-9,11-12H2,1-2H3,(H,22,24). The van der Waals surface area contributed by atoms with Gasteiger partial charge in [-0.25, -0.2) is 4.79 Å². The molecular formula is C19H22N4O2S2. The van der Waals surface area contributed by atoms with Crippen molar-refractivity contribution in [1.29, 1.82) is 5.26 Å². The van der Waals surface area contributed by atoms with Gasteiger partial charge >= 0.3 is 6.03 Å². The van der Waals surface area contributed by atoms with E-state index < -0.39 is 15.5 Å². The predicted molar refractivity (Wildman–Crippen MR) is 107 cm³/mol. The number of nitriles is 1. The molecule has 8 heteroatoms. The van der Waals surface area contributed by atoms with Gasteiger partial charge in [-0.3, -0.25) is 9.53 Å². The van der Waals surface area contributed by atoms with E-state index in [0.29, 0.717) is 23.5 Å². The first-order valence-electron chi connectivity index (χ1n) is 8.81. The fourth-order valence-electron chi connectivity index (χ4n) is 3.40. The summed E-state index contributed by atoms with van der Waals surface area (Å²) in [7, 11) is -1.30. The van der Waals surface area contributed by atoms with Gasteiger partial charge < -0.3 is 4.90 Å². The number of carbonyl (C=O) groups excluding carboxylic acids is 1. The van der Waals surface area contributed by atoms with Gasteiger partial charge in [0.15, 0.2) is 0 Å². The lowest BCUT2D eigenvalue weighted by molar-refractivity contribution is 0.172. The van der Waals surface area contributed by atoms with Gasteiger partial charge in [-0.05, 0) is 62.3 Å². The summed E-state index contributed by atoms with van der Waals surface area (Å²) in [6, 6.07) is 10.9. The molecule has 1 aromatic carbocycles. The third-order valence-corrected chi connectivity index (χ3v) is 7.82. The van der Waals surface area contributed by atoms with Gasteiger partial charge in [0.2, 0.25) is 0 Å². The number of carbonyl (C=O) groups is 1. The van der Waals surface area contributed by atoms with Gasteiger partial charge in [0.1, 0.15) is 11.1 Å². The van der Waals surface area contributed by atoms with Crippen molar-refractivity contribution in [3.05, 3.63) is 42.1 Å². The molecule has 1 atom stereocenters. The molecule has 1 saturated heterocycles. The second-order valence-electron chi connectivity index (χ2n) is 7.05. The molecule has 2 aromatic rings. The van der Waals surface area contributed by atoms with E-state index >= 15 is 0 Å². The molecule has 0 saturated carbocycles. The number of nitrogens with zero attached hydrogens (tertiary/aromatic N) is 3. The summed E-state index contributed by atoms with van der Waals surface area (Å²) in [6.07, 6.45) is 3.22. The Morgan fingerprint density at radius 3 is 2.67 bits per heavy atom. The Balaban J connectivity index is 1.65. The Labute approximate surface area is 165 Å². The highest BCUT2D eigenvalue weighted by Crippen LogP contribution is 2.36. The SMILES string of the molecule is CC(C)(C1CCN(C(=O)Nc2ccns2)CC1)S(=O)c1ccccc1C#N. The zero-order chi connectivity index (χ0) is 19.4. The third-order valence-electron chi connectivity index (χ3n) is 5.12. The lowest BCUT2D eigenvalue weighted by Gasteiger charge is -2.40. The van der Waals surface area contributed by atoms with Crippen molar-refractivity contribution in [2.75, 3.05) is 18.4 Å². The van der Waals surface area contributed by atoms with Crippen molar-refractivity contribution < 1.29 is 9.00 Å². The number of amides is 2. The molecule has 1 aliphatic rings. The van der Waals surface area contributed by atoms with E-state index in [0.717, 1.165) is 17.8 Å². The molecule has 3 rings (SSSR count). The van der Waals surface area contributed by atoms with Crippen LogP contribution in [0.5, 0.6) is 0 Å². The number of likely N-dealkylation sites (tertiary alicyclic amines) is 1. The van der Waals surface area contributed by atoms with Crippen LogP contribution in [0.1, 0.15) is 32.3 Å². The number of piperidine rings is 1.